The Labute approximate surface area is 197 Å². The molecule has 2 heterocycles. The van der Waals surface area contributed by atoms with Crippen LogP contribution in [0.15, 0.2) is 64.9 Å². The Morgan fingerprint density at radius 1 is 1.06 bits per heavy atom. The van der Waals surface area contributed by atoms with E-state index < -0.39 is 10.0 Å². The minimum atomic E-state index is -3.63. The Balaban J connectivity index is 1.34. The lowest BCUT2D eigenvalue weighted by molar-refractivity contribution is 0.0945. The number of sulfonamides is 1. The zero-order valence-corrected chi connectivity index (χ0v) is 20.1. The van der Waals surface area contributed by atoms with E-state index in [9.17, 15) is 13.2 Å². The average molecular weight is 487 g/mol. The molecule has 0 atom stereocenters. The van der Waals surface area contributed by atoms with E-state index in [-0.39, 0.29) is 23.0 Å². The molecule has 2 N–H and O–H groups in total. The lowest BCUT2D eigenvalue weighted by Crippen LogP contribution is -2.36. The van der Waals surface area contributed by atoms with Crippen LogP contribution < -0.4 is 19.5 Å². The maximum atomic E-state index is 12.7. The molecule has 0 saturated carbocycles. The van der Waals surface area contributed by atoms with E-state index in [0.29, 0.717) is 30.8 Å². The number of ether oxygens (including phenoxy) is 2. The topological polar surface area (TPSA) is 93.7 Å². The van der Waals surface area contributed by atoms with E-state index in [1.165, 1.54) is 24.3 Å². The van der Waals surface area contributed by atoms with E-state index in [4.69, 9.17) is 9.47 Å². The number of amides is 1. The van der Waals surface area contributed by atoms with Crippen LogP contribution in [-0.2, 0) is 21.9 Å². The number of rotatable bonds is 9. The van der Waals surface area contributed by atoms with Crippen LogP contribution in [0.25, 0.3) is 0 Å². The Kier molecular flexibility index (Phi) is 6.73. The fourth-order valence-corrected chi connectivity index (χ4v) is 5.20. The van der Waals surface area contributed by atoms with Gasteiger partial charge < -0.3 is 14.8 Å². The van der Waals surface area contributed by atoms with Gasteiger partial charge in [0.15, 0.2) is 11.5 Å². The van der Waals surface area contributed by atoms with Crippen molar-refractivity contribution < 1.29 is 22.7 Å². The molecule has 1 amide bonds. The second-order valence-electron chi connectivity index (χ2n) is 8.39. The molecule has 2 aromatic carbocycles. The predicted octanol–water partition coefficient (Wildman–Crippen LogP) is 3.71. The van der Waals surface area contributed by atoms with Crippen molar-refractivity contribution in [3.63, 3.8) is 0 Å². The Bertz CT molecular complexity index is 1220. The third kappa shape index (κ3) is 5.55. The summed E-state index contributed by atoms with van der Waals surface area (Å²) in [6.07, 6.45) is 0.635. The summed E-state index contributed by atoms with van der Waals surface area (Å²) in [5.74, 6) is 1.15. The van der Waals surface area contributed by atoms with Crippen molar-refractivity contribution in [1.82, 2.24) is 10.0 Å². The largest absolute Gasteiger partial charge is 0.454 e. The van der Waals surface area contributed by atoms with Crippen molar-refractivity contribution in [3.05, 3.63) is 76.0 Å². The zero-order valence-electron chi connectivity index (χ0n) is 18.5. The van der Waals surface area contributed by atoms with E-state index in [0.717, 1.165) is 16.2 Å². The van der Waals surface area contributed by atoms with Gasteiger partial charge in [0.2, 0.25) is 16.8 Å². The molecule has 7 nitrogen and oxygen atoms in total. The third-order valence-electron chi connectivity index (χ3n) is 5.52. The van der Waals surface area contributed by atoms with Crippen LogP contribution in [0.2, 0.25) is 0 Å². The number of hydrogen-bond acceptors (Lipinski definition) is 6. The minimum Gasteiger partial charge on any atom is -0.454 e. The van der Waals surface area contributed by atoms with Crippen LogP contribution in [0.1, 0.15) is 34.6 Å². The normalized spacial score (nSPS) is 13.2. The SMILES string of the molecule is CC(C)(CNC(=O)c1ccc(S(=O)(=O)NCCc2cccs2)cc1)c1ccc2c(c1)OCO2. The summed E-state index contributed by atoms with van der Waals surface area (Å²) in [7, 11) is -3.63. The Hall–Kier alpha value is -2.88. The molecule has 0 aliphatic carbocycles. The van der Waals surface area contributed by atoms with E-state index in [2.05, 4.69) is 10.0 Å². The summed E-state index contributed by atoms with van der Waals surface area (Å²) in [6.45, 7) is 4.99. The van der Waals surface area contributed by atoms with Crippen molar-refractivity contribution in [2.75, 3.05) is 19.9 Å². The molecule has 1 aromatic heterocycles. The highest BCUT2D eigenvalue weighted by Crippen LogP contribution is 2.36. The van der Waals surface area contributed by atoms with Crippen LogP contribution in [0.5, 0.6) is 11.5 Å². The van der Waals surface area contributed by atoms with Gasteiger partial charge in [0.05, 0.1) is 4.90 Å². The molecule has 0 unspecified atom stereocenters. The highest BCUT2D eigenvalue weighted by molar-refractivity contribution is 7.89. The van der Waals surface area contributed by atoms with Crippen LogP contribution in [0, 0.1) is 0 Å². The molecule has 0 saturated heterocycles. The summed E-state index contributed by atoms with van der Waals surface area (Å²) in [5, 5.41) is 4.90. The van der Waals surface area contributed by atoms with Crippen LogP contribution in [-0.4, -0.2) is 34.2 Å². The molecule has 0 spiro atoms. The number of nitrogens with one attached hydrogen (secondary N) is 2. The smallest absolute Gasteiger partial charge is 0.251 e. The van der Waals surface area contributed by atoms with Gasteiger partial charge in [-0.15, -0.1) is 11.3 Å². The first kappa shape index (κ1) is 23.3. The second kappa shape index (κ2) is 9.54. The number of carbonyl (C=O) groups excluding carboxylic acids is 1. The highest BCUT2D eigenvalue weighted by Gasteiger charge is 2.25. The summed E-state index contributed by atoms with van der Waals surface area (Å²) < 4.78 is 38.4. The molecule has 0 fully saturated rings. The van der Waals surface area contributed by atoms with Crippen LogP contribution in [0.4, 0.5) is 0 Å². The first-order valence-electron chi connectivity index (χ1n) is 10.6. The fraction of sp³-hybridized carbons (Fsp3) is 0.292. The molecule has 3 aromatic rings. The van der Waals surface area contributed by atoms with Crippen LogP contribution >= 0.6 is 11.3 Å². The van der Waals surface area contributed by atoms with E-state index >= 15 is 0 Å². The molecular weight excluding hydrogens is 460 g/mol. The van der Waals surface area contributed by atoms with Gasteiger partial charge in [-0.3, -0.25) is 4.79 Å². The third-order valence-corrected chi connectivity index (χ3v) is 7.93. The lowest BCUT2D eigenvalue weighted by Gasteiger charge is -2.26. The lowest BCUT2D eigenvalue weighted by atomic mass is 9.84. The molecule has 0 bridgehead atoms. The number of carbonyl (C=O) groups is 1. The average Bonchev–Trinajstić information content (AvgIpc) is 3.49. The second-order valence-corrected chi connectivity index (χ2v) is 11.2. The van der Waals surface area contributed by atoms with Gasteiger partial charge in [0.1, 0.15) is 0 Å². The molecule has 1 aliphatic rings. The Morgan fingerprint density at radius 3 is 2.55 bits per heavy atom. The van der Waals surface area contributed by atoms with E-state index in [1.54, 1.807) is 11.3 Å². The maximum Gasteiger partial charge on any atom is 0.251 e. The van der Waals surface area contributed by atoms with Gasteiger partial charge in [0.25, 0.3) is 5.91 Å². The van der Waals surface area contributed by atoms with Gasteiger partial charge >= 0.3 is 0 Å². The number of hydrogen-bond donors (Lipinski definition) is 2. The molecule has 33 heavy (non-hydrogen) atoms. The molecule has 174 valence electrons. The van der Waals surface area contributed by atoms with Gasteiger partial charge in [-0.1, -0.05) is 26.0 Å². The van der Waals surface area contributed by atoms with E-state index in [1.807, 2.05) is 49.6 Å². The molecule has 0 radical (unpaired) electrons. The number of fused-ring (bicyclic) bond motifs is 1. The maximum absolute atomic E-state index is 12.7. The fourth-order valence-electron chi connectivity index (χ4n) is 3.46. The van der Waals surface area contributed by atoms with Crippen molar-refractivity contribution in [1.29, 1.82) is 0 Å². The Morgan fingerprint density at radius 2 is 1.82 bits per heavy atom. The summed E-state index contributed by atoms with van der Waals surface area (Å²) >= 11 is 1.59. The number of benzene rings is 2. The summed E-state index contributed by atoms with van der Waals surface area (Å²) in [6, 6.07) is 15.6. The van der Waals surface area contributed by atoms with Crippen LogP contribution in [0.3, 0.4) is 0 Å². The first-order chi connectivity index (χ1) is 15.7. The quantitative estimate of drug-likeness (QED) is 0.481. The van der Waals surface area contributed by atoms with Gasteiger partial charge in [0, 0.05) is 28.9 Å². The summed E-state index contributed by atoms with van der Waals surface area (Å²) in [4.78, 5) is 13.9. The minimum absolute atomic E-state index is 0.130. The molecule has 1 aliphatic heterocycles. The van der Waals surface area contributed by atoms with Crippen molar-refractivity contribution >= 4 is 27.3 Å². The van der Waals surface area contributed by atoms with Crippen molar-refractivity contribution in [2.45, 2.75) is 30.6 Å². The van der Waals surface area contributed by atoms with Crippen molar-refractivity contribution in [2.24, 2.45) is 0 Å². The monoisotopic (exact) mass is 486 g/mol. The predicted molar refractivity (Wildman–Crippen MR) is 128 cm³/mol. The number of thiophene rings is 1. The standard InChI is InChI=1S/C24H26N2O5S2/c1-24(2,18-7-10-21-22(14-18)31-16-30-21)15-25-23(27)17-5-8-20(9-6-17)33(28,29)26-12-11-19-4-3-13-32-19/h3-10,13-14,26H,11-12,15-16H2,1-2H3,(H,25,27). The van der Waals surface area contributed by atoms with Gasteiger partial charge in [-0.2, -0.15) is 0 Å². The van der Waals surface area contributed by atoms with Crippen molar-refractivity contribution in [3.8, 4) is 11.5 Å². The highest BCUT2D eigenvalue weighted by atomic mass is 32.2. The van der Waals surface area contributed by atoms with Gasteiger partial charge in [-0.25, -0.2) is 13.1 Å². The zero-order chi connectivity index (χ0) is 23.5. The molecular formula is C24H26N2O5S2. The molecule has 4 rings (SSSR count). The summed E-state index contributed by atoms with van der Waals surface area (Å²) in [5.41, 5.74) is 1.07. The molecule has 9 heteroatoms. The van der Waals surface area contributed by atoms with Gasteiger partial charge in [-0.05, 0) is 59.8 Å². The first-order valence-corrected chi connectivity index (χ1v) is 12.9.